The first-order chi connectivity index (χ1) is 8.74. The third kappa shape index (κ3) is 2.28. The van der Waals surface area contributed by atoms with Crippen molar-refractivity contribution in [1.29, 1.82) is 0 Å². The molecule has 2 aromatic rings. The number of hydrogen-bond acceptors (Lipinski definition) is 5. The number of rotatable bonds is 3. The summed E-state index contributed by atoms with van der Waals surface area (Å²) >= 11 is 10.7. The van der Waals surface area contributed by atoms with Gasteiger partial charge in [-0.2, -0.15) is 0 Å². The predicted octanol–water partition coefficient (Wildman–Crippen LogP) is 3.90. The average molecular weight is 348 g/mol. The molecule has 18 heavy (non-hydrogen) atoms. The van der Waals surface area contributed by atoms with Gasteiger partial charge in [0.05, 0.1) is 12.2 Å². The molecule has 0 fully saturated rings. The fourth-order valence-corrected chi connectivity index (χ4v) is 3.02. The molecule has 0 aliphatic carbocycles. The summed E-state index contributed by atoms with van der Waals surface area (Å²) in [5.41, 5.74) is 0.884. The SMILES string of the molecule is Clc1ncc(CNc2c(Br)ccc3c2OCO3)s1. The van der Waals surface area contributed by atoms with Crippen LogP contribution in [0.15, 0.2) is 22.8 Å². The van der Waals surface area contributed by atoms with Crippen molar-refractivity contribution in [3.63, 3.8) is 0 Å². The van der Waals surface area contributed by atoms with Gasteiger partial charge in [0, 0.05) is 15.5 Å². The molecule has 0 saturated carbocycles. The zero-order chi connectivity index (χ0) is 12.5. The summed E-state index contributed by atoms with van der Waals surface area (Å²) in [4.78, 5) is 5.06. The molecule has 1 aliphatic rings. The van der Waals surface area contributed by atoms with Crippen LogP contribution in [0.25, 0.3) is 0 Å². The molecule has 7 heteroatoms. The second-order valence-corrected chi connectivity index (χ2v) is 6.14. The second kappa shape index (κ2) is 4.95. The smallest absolute Gasteiger partial charge is 0.231 e. The van der Waals surface area contributed by atoms with Crippen molar-refractivity contribution in [3.05, 3.63) is 32.1 Å². The summed E-state index contributed by atoms with van der Waals surface area (Å²) in [5.74, 6) is 1.49. The maximum atomic E-state index is 5.79. The molecular weight excluding hydrogens is 340 g/mol. The van der Waals surface area contributed by atoms with Gasteiger partial charge < -0.3 is 14.8 Å². The summed E-state index contributed by atoms with van der Waals surface area (Å²) in [7, 11) is 0. The minimum atomic E-state index is 0.257. The number of benzene rings is 1. The molecule has 0 bridgehead atoms. The van der Waals surface area contributed by atoms with Gasteiger partial charge in [0.2, 0.25) is 6.79 Å². The molecule has 94 valence electrons. The highest BCUT2D eigenvalue weighted by atomic mass is 79.9. The van der Waals surface area contributed by atoms with E-state index in [1.54, 1.807) is 6.20 Å². The van der Waals surface area contributed by atoms with Crippen molar-refractivity contribution >= 4 is 44.6 Å². The molecule has 1 aromatic carbocycles. The number of hydrogen-bond donors (Lipinski definition) is 1. The lowest BCUT2D eigenvalue weighted by Gasteiger charge is -2.10. The van der Waals surface area contributed by atoms with Crippen LogP contribution in [0.3, 0.4) is 0 Å². The van der Waals surface area contributed by atoms with Gasteiger partial charge >= 0.3 is 0 Å². The Kier molecular flexibility index (Phi) is 3.32. The number of halogens is 2. The van der Waals surface area contributed by atoms with Crippen LogP contribution in [0.5, 0.6) is 11.5 Å². The van der Waals surface area contributed by atoms with Gasteiger partial charge in [0.15, 0.2) is 16.0 Å². The van der Waals surface area contributed by atoms with Crippen LogP contribution in [0.1, 0.15) is 4.88 Å². The largest absolute Gasteiger partial charge is 0.454 e. The molecule has 3 rings (SSSR count). The normalized spacial score (nSPS) is 12.8. The molecular formula is C11H8BrClN2O2S. The number of ether oxygens (including phenoxy) is 2. The van der Waals surface area contributed by atoms with Gasteiger partial charge in [0.1, 0.15) is 0 Å². The molecule has 4 nitrogen and oxygen atoms in total. The quantitative estimate of drug-likeness (QED) is 0.914. The molecule has 0 atom stereocenters. The van der Waals surface area contributed by atoms with Crippen molar-refractivity contribution in [2.24, 2.45) is 0 Å². The van der Waals surface area contributed by atoms with E-state index in [1.807, 2.05) is 12.1 Å². The Morgan fingerprint density at radius 2 is 2.33 bits per heavy atom. The van der Waals surface area contributed by atoms with Gasteiger partial charge in [-0.1, -0.05) is 11.6 Å². The number of thiazole rings is 1. The highest BCUT2D eigenvalue weighted by Crippen LogP contribution is 2.43. The van der Waals surface area contributed by atoms with Crippen molar-refractivity contribution in [2.45, 2.75) is 6.54 Å². The van der Waals surface area contributed by atoms with Gasteiger partial charge in [0.25, 0.3) is 0 Å². The number of anilines is 1. The van der Waals surface area contributed by atoms with E-state index in [4.69, 9.17) is 21.1 Å². The molecule has 1 aliphatic heterocycles. The van der Waals surface area contributed by atoms with Crippen molar-refractivity contribution < 1.29 is 9.47 Å². The standard InChI is InChI=1S/C11H8BrClN2O2S/c12-7-1-2-8-10(17-5-16-8)9(7)14-3-6-4-15-11(13)18-6/h1-2,4,14H,3,5H2. The minimum Gasteiger partial charge on any atom is -0.454 e. The van der Waals surface area contributed by atoms with Crippen molar-refractivity contribution in [3.8, 4) is 11.5 Å². The van der Waals surface area contributed by atoms with Crippen LogP contribution in [-0.2, 0) is 6.54 Å². The third-order valence-electron chi connectivity index (χ3n) is 2.45. The fraction of sp³-hybridized carbons (Fsp3) is 0.182. The Morgan fingerprint density at radius 1 is 1.44 bits per heavy atom. The van der Waals surface area contributed by atoms with Crippen LogP contribution in [0.2, 0.25) is 4.47 Å². The van der Waals surface area contributed by atoms with Crippen molar-refractivity contribution in [1.82, 2.24) is 4.98 Å². The van der Waals surface area contributed by atoms with Crippen LogP contribution >= 0.6 is 38.9 Å². The summed E-state index contributed by atoms with van der Waals surface area (Å²) in [6.45, 7) is 0.898. The maximum absolute atomic E-state index is 5.79. The number of nitrogens with zero attached hydrogens (tertiary/aromatic N) is 1. The van der Waals surface area contributed by atoms with Gasteiger partial charge in [-0.3, -0.25) is 0 Å². The van der Waals surface area contributed by atoms with Gasteiger partial charge in [-0.25, -0.2) is 4.98 Å². The Balaban J connectivity index is 1.82. The first kappa shape index (κ1) is 12.1. The topological polar surface area (TPSA) is 43.4 Å². The summed E-state index contributed by atoms with van der Waals surface area (Å²) in [6.07, 6.45) is 1.76. The zero-order valence-corrected chi connectivity index (χ0v) is 12.2. The van der Waals surface area contributed by atoms with E-state index in [-0.39, 0.29) is 6.79 Å². The lowest BCUT2D eigenvalue weighted by Crippen LogP contribution is -2.00. The van der Waals surface area contributed by atoms with E-state index in [9.17, 15) is 0 Å². The molecule has 0 spiro atoms. The van der Waals surface area contributed by atoms with E-state index in [2.05, 4.69) is 26.2 Å². The van der Waals surface area contributed by atoms with Crippen LogP contribution in [0, 0.1) is 0 Å². The number of aromatic nitrogens is 1. The number of fused-ring (bicyclic) bond motifs is 1. The first-order valence-corrected chi connectivity index (χ1v) is 7.15. The Labute approximate surface area is 121 Å². The molecule has 0 radical (unpaired) electrons. The Morgan fingerprint density at radius 3 is 3.11 bits per heavy atom. The molecule has 1 aromatic heterocycles. The summed E-state index contributed by atoms with van der Waals surface area (Å²) in [6, 6.07) is 3.80. The molecule has 2 heterocycles. The summed E-state index contributed by atoms with van der Waals surface area (Å²) in [5, 5.41) is 3.30. The van der Waals surface area contributed by atoms with Gasteiger partial charge in [-0.05, 0) is 28.1 Å². The molecule has 0 unspecified atom stereocenters. The first-order valence-electron chi connectivity index (χ1n) is 5.16. The monoisotopic (exact) mass is 346 g/mol. The highest BCUT2D eigenvalue weighted by molar-refractivity contribution is 9.10. The van der Waals surface area contributed by atoms with Crippen LogP contribution < -0.4 is 14.8 Å². The van der Waals surface area contributed by atoms with E-state index in [1.165, 1.54) is 11.3 Å². The maximum Gasteiger partial charge on any atom is 0.231 e. The average Bonchev–Trinajstić information content (AvgIpc) is 2.96. The third-order valence-corrected chi connectivity index (χ3v) is 4.23. The lowest BCUT2D eigenvalue weighted by atomic mass is 10.2. The molecule has 1 N–H and O–H groups in total. The predicted molar refractivity (Wildman–Crippen MR) is 74.7 cm³/mol. The second-order valence-electron chi connectivity index (χ2n) is 3.59. The number of nitrogens with one attached hydrogen (secondary N) is 1. The van der Waals surface area contributed by atoms with Crippen LogP contribution in [0.4, 0.5) is 5.69 Å². The van der Waals surface area contributed by atoms with E-state index in [0.717, 1.165) is 26.5 Å². The van der Waals surface area contributed by atoms with Crippen molar-refractivity contribution in [2.75, 3.05) is 12.1 Å². The van der Waals surface area contributed by atoms with E-state index < -0.39 is 0 Å². The Hall–Kier alpha value is -0.980. The van der Waals surface area contributed by atoms with Crippen LogP contribution in [-0.4, -0.2) is 11.8 Å². The highest BCUT2D eigenvalue weighted by Gasteiger charge is 2.20. The molecule has 0 saturated heterocycles. The lowest BCUT2D eigenvalue weighted by molar-refractivity contribution is 0.174. The minimum absolute atomic E-state index is 0.257. The van der Waals surface area contributed by atoms with E-state index >= 15 is 0 Å². The molecule has 0 amide bonds. The summed E-state index contributed by atoms with van der Waals surface area (Å²) < 4.78 is 12.3. The van der Waals surface area contributed by atoms with E-state index in [0.29, 0.717) is 11.0 Å². The zero-order valence-electron chi connectivity index (χ0n) is 9.07. The fourth-order valence-electron chi connectivity index (χ4n) is 1.65. The Bertz CT molecular complexity index is 590. The van der Waals surface area contributed by atoms with Gasteiger partial charge in [-0.15, -0.1) is 11.3 Å².